The number of hydrogen-bond acceptors (Lipinski definition) is 7. The molecule has 0 spiro atoms. The van der Waals surface area contributed by atoms with Gasteiger partial charge in [0.15, 0.2) is 5.82 Å². The van der Waals surface area contributed by atoms with Gasteiger partial charge in [0, 0.05) is 23.6 Å². The normalized spacial score (nSPS) is 17.2. The highest BCUT2D eigenvalue weighted by atomic mass is 32.2. The third-order valence-corrected chi connectivity index (χ3v) is 7.94. The van der Waals surface area contributed by atoms with Gasteiger partial charge in [0.25, 0.3) is 0 Å². The summed E-state index contributed by atoms with van der Waals surface area (Å²) in [7, 11) is -3.87. The predicted molar refractivity (Wildman–Crippen MR) is 123 cm³/mol. The van der Waals surface area contributed by atoms with Crippen molar-refractivity contribution in [2.45, 2.75) is 43.5 Å². The molecule has 0 saturated carbocycles. The van der Waals surface area contributed by atoms with Crippen molar-refractivity contribution in [3.05, 3.63) is 54.1 Å². The maximum absolute atomic E-state index is 13.2. The number of nitrogens with zero attached hydrogens (tertiary/aromatic N) is 3. The second-order valence-electron chi connectivity index (χ2n) is 7.92. The number of ether oxygens (including phenoxy) is 1. The first kappa shape index (κ1) is 25.1. The molecule has 2 aromatic carbocycles. The van der Waals surface area contributed by atoms with Crippen LogP contribution in [0.4, 0.5) is 18.3 Å². The molecule has 1 amide bonds. The van der Waals surface area contributed by atoms with Crippen molar-refractivity contribution in [2.75, 3.05) is 11.9 Å². The van der Waals surface area contributed by atoms with Crippen LogP contribution in [0.25, 0.3) is 11.4 Å². The second kappa shape index (κ2) is 9.91. The first-order valence-electron chi connectivity index (χ1n) is 10.6. The highest BCUT2D eigenvalue weighted by Crippen LogP contribution is 2.29. The zero-order valence-corrected chi connectivity index (χ0v) is 20.1. The maximum atomic E-state index is 13.2. The van der Waals surface area contributed by atoms with Crippen LogP contribution < -0.4 is 10.1 Å². The molecule has 35 heavy (non-hydrogen) atoms. The number of piperidine rings is 1. The molecule has 1 atom stereocenters. The number of benzene rings is 2. The molecule has 1 fully saturated rings. The summed E-state index contributed by atoms with van der Waals surface area (Å²) in [5.74, 6) is -0.689. The topological polar surface area (TPSA) is 101 Å². The Morgan fingerprint density at radius 1 is 1.11 bits per heavy atom. The van der Waals surface area contributed by atoms with Crippen LogP contribution in [-0.2, 0) is 14.8 Å². The highest BCUT2D eigenvalue weighted by molar-refractivity contribution is 7.89. The lowest BCUT2D eigenvalue weighted by atomic mass is 10.0. The van der Waals surface area contributed by atoms with E-state index in [2.05, 4.69) is 19.4 Å². The summed E-state index contributed by atoms with van der Waals surface area (Å²) in [6, 6.07) is 10.6. The average Bonchev–Trinajstić information content (AvgIpc) is 3.27. The minimum Gasteiger partial charge on any atom is -0.406 e. The van der Waals surface area contributed by atoms with E-state index in [9.17, 15) is 26.4 Å². The Morgan fingerprint density at radius 2 is 1.80 bits per heavy atom. The van der Waals surface area contributed by atoms with Crippen LogP contribution in [0, 0.1) is 6.92 Å². The number of anilines is 1. The van der Waals surface area contributed by atoms with Gasteiger partial charge in [-0.15, -0.1) is 13.2 Å². The van der Waals surface area contributed by atoms with E-state index in [-0.39, 0.29) is 28.1 Å². The number of alkyl halides is 3. The van der Waals surface area contributed by atoms with Crippen molar-refractivity contribution in [1.29, 1.82) is 0 Å². The fourth-order valence-corrected chi connectivity index (χ4v) is 5.94. The SMILES string of the molecule is Cc1ccc(S(=O)(=O)N2CCCC[C@@H]2C(=O)Nc2nc(-c3ccc(OC(F)(F)F)cc3)ns2)cc1. The van der Waals surface area contributed by atoms with Gasteiger partial charge in [-0.25, -0.2) is 8.42 Å². The highest BCUT2D eigenvalue weighted by Gasteiger charge is 2.38. The molecule has 8 nitrogen and oxygen atoms in total. The monoisotopic (exact) mass is 526 g/mol. The number of rotatable bonds is 6. The van der Waals surface area contributed by atoms with Gasteiger partial charge in [-0.05, 0) is 56.2 Å². The zero-order chi connectivity index (χ0) is 25.2. The fraction of sp³-hybridized carbons (Fsp3) is 0.318. The molecular formula is C22H21F3N4O4S2. The molecular weight excluding hydrogens is 505 g/mol. The van der Waals surface area contributed by atoms with Gasteiger partial charge in [0.05, 0.1) is 4.90 Å². The first-order chi connectivity index (χ1) is 16.5. The van der Waals surface area contributed by atoms with Gasteiger partial charge in [-0.3, -0.25) is 10.1 Å². The Hall–Kier alpha value is -3.03. The largest absolute Gasteiger partial charge is 0.573 e. The van der Waals surface area contributed by atoms with E-state index < -0.39 is 28.3 Å². The van der Waals surface area contributed by atoms with E-state index in [1.165, 1.54) is 28.6 Å². The molecule has 1 N–H and O–H groups in total. The molecule has 186 valence electrons. The predicted octanol–water partition coefficient (Wildman–Crippen LogP) is 4.59. The molecule has 1 saturated heterocycles. The molecule has 0 radical (unpaired) electrons. The van der Waals surface area contributed by atoms with Gasteiger partial charge in [-0.2, -0.15) is 13.7 Å². The summed E-state index contributed by atoms with van der Waals surface area (Å²) < 4.78 is 72.6. The van der Waals surface area contributed by atoms with Crippen molar-refractivity contribution < 1.29 is 31.1 Å². The Morgan fingerprint density at radius 3 is 2.46 bits per heavy atom. The van der Waals surface area contributed by atoms with Crippen LogP contribution in [0.3, 0.4) is 0 Å². The average molecular weight is 527 g/mol. The molecule has 0 unspecified atom stereocenters. The summed E-state index contributed by atoms with van der Waals surface area (Å²) in [5.41, 5.74) is 1.35. The number of carbonyl (C=O) groups excluding carboxylic acids is 1. The second-order valence-corrected chi connectivity index (χ2v) is 10.6. The van der Waals surface area contributed by atoms with E-state index in [1.54, 1.807) is 12.1 Å². The van der Waals surface area contributed by atoms with Crippen LogP contribution in [0.5, 0.6) is 5.75 Å². The summed E-state index contributed by atoms with van der Waals surface area (Å²) in [6.45, 7) is 2.08. The van der Waals surface area contributed by atoms with Gasteiger partial charge in [-0.1, -0.05) is 24.1 Å². The Labute approximate surface area is 204 Å². The number of aryl methyl sites for hydroxylation is 1. The Bertz CT molecular complexity index is 1290. The van der Waals surface area contributed by atoms with E-state index in [1.807, 2.05) is 6.92 Å². The number of hydrogen-bond donors (Lipinski definition) is 1. The van der Waals surface area contributed by atoms with Gasteiger partial charge >= 0.3 is 6.36 Å². The molecule has 0 aliphatic carbocycles. The third-order valence-electron chi connectivity index (χ3n) is 5.39. The van der Waals surface area contributed by atoms with Crippen molar-refractivity contribution >= 4 is 32.6 Å². The molecule has 2 heterocycles. The molecule has 3 aromatic rings. The minimum absolute atomic E-state index is 0.124. The van der Waals surface area contributed by atoms with E-state index in [0.717, 1.165) is 29.2 Å². The maximum Gasteiger partial charge on any atom is 0.573 e. The van der Waals surface area contributed by atoms with Gasteiger partial charge in [0.2, 0.25) is 21.1 Å². The van der Waals surface area contributed by atoms with Crippen molar-refractivity contribution in [1.82, 2.24) is 13.7 Å². The lowest BCUT2D eigenvalue weighted by molar-refractivity contribution is -0.274. The molecule has 13 heteroatoms. The quantitative estimate of drug-likeness (QED) is 0.504. The molecule has 0 bridgehead atoms. The summed E-state index contributed by atoms with van der Waals surface area (Å²) >= 11 is 0.885. The summed E-state index contributed by atoms with van der Waals surface area (Å²) in [5, 5.41) is 2.79. The number of halogens is 3. The van der Waals surface area contributed by atoms with E-state index in [4.69, 9.17) is 0 Å². The van der Waals surface area contributed by atoms with Crippen molar-refractivity contribution in [3.8, 4) is 17.1 Å². The van der Waals surface area contributed by atoms with Crippen molar-refractivity contribution in [2.24, 2.45) is 0 Å². The first-order valence-corrected chi connectivity index (χ1v) is 12.8. The zero-order valence-electron chi connectivity index (χ0n) is 18.4. The molecule has 1 aliphatic heterocycles. The summed E-state index contributed by atoms with van der Waals surface area (Å²) in [4.78, 5) is 17.4. The number of amides is 1. The van der Waals surface area contributed by atoms with Gasteiger partial charge < -0.3 is 4.74 Å². The lowest BCUT2D eigenvalue weighted by Gasteiger charge is -2.33. The number of sulfonamides is 1. The lowest BCUT2D eigenvalue weighted by Crippen LogP contribution is -2.49. The van der Waals surface area contributed by atoms with Crippen LogP contribution in [-0.4, -0.2) is 46.9 Å². The number of aromatic nitrogens is 2. The summed E-state index contributed by atoms with van der Waals surface area (Å²) in [6.07, 6.45) is -3.08. The Balaban J connectivity index is 1.48. The smallest absolute Gasteiger partial charge is 0.406 e. The fourth-order valence-electron chi connectivity index (χ4n) is 3.69. The van der Waals surface area contributed by atoms with E-state index >= 15 is 0 Å². The van der Waals surface area contributed by atoms with Gasteiger partial charge in [0.1, 0.15) is 11.8 Å². The van der Waals surface area contributed by atoms with Crippen LogP contribution in [0.15, 0.2) is 53.4 Å². The molecule has 1 aromatic heterocycles. The third kappa shape index (κ3) is 5.97. The Kier molecular flexibility index (Phi) is 7.10. The molecule has 4 rings (SSSR count). The van der Waals surface area contributed by atoms with Crippen LogP contribution in [0.1, 0.15) is 24.8 Å². The standard InChI is InChI=1S/C22H21F3N4O4S2/c1-14-5-11-17(12-6-14)35(31,32)29-13-3-2-4-18(29)20(30)27-21-26-19(28-34-21)15-7-9-16(10-8-15)33-22(23,24)25/h5-12,18H,2-4,13H2,1H3,(H,26,27,28,30)/t18-/m1/s1. The van der Waals surface area contributed by atoms with Crippen LogP contribution in [0.2, 0.25) is 0 Å². The van der Waals surface area contributed by atoms with Crippen molar-refractivity contribution in [3.63, 3.8) is 0 Å². The number of nitrogens with one attached hydrogen (secondary N) is 1. The number of carbonyl (C=O) groups is 1. The van der Waals surface area contributed by atoms with E-state index in [0.29, 0.717) is 24.8 Å². The van der Waals surface area contributed by atoms with Crippen LogP contribution >= 0.6 is 11.5 Å². The molecule has 1 aliphatic rings. The minimum atomic E-state index is -4.79.